The Morgan fingerprint density at radius 3 is 2.94 bits per heavy atom. The zero-order chi connectivity index (χ0) is 13.1. The van der Waals surface area contributed by atoms with Gasteiger partial charge in [0.2, 0.25) is 0 Å². The molecule has 0 fully saturated rings. The van der Waals surface area contributed by atoms with Crippen molar-refractivity contribution in [3.63, 3.8) is 0 Å². The van der Waals surface area contributed by atoms with Crippen molar-refractivity contribution in [1.82, 2.24) is 0 Å². The summed E-state index contributed by atoms with van der Waals surface area (Å²) >= 11 is 2.04. The van der Waals surface area contributed by atoms with E-state index in [4.69, 9.17) is 10.5 Å². The van der Waals surface area contributed by atoms with Crippen molar-refractivity contribution in [2.24, 2.45) is 5.73 Å². The quantitative estimate of drug-likeness (QED) is 0.904. The van der Waals surface area contributed by atoms with Crippen LogP contribution >= 0.6 is 11.8 Å². The van der Waals surface area contributed by atoms with E-state index in [1.165, 1.54) is 24.0 Å². The van der Waals surface area contributed by atoms with Crippen molar-refractivity contribution in [2.75, 3.05) is 7.11 Å². The molecule has 0 heterocycles. The molecule has 3 heteroatoms. The first-order valence-corrected chi connectivity index (χ1v) is 7.67. The second kappa shape index (κ2) is 5.98. The van der Waals surface area contributed by atoms with Crippen molar-refractivity contribution < 1.29 is 4.74 Å². The maximum absolute atomic E-state index is 6.44. The van der Waals surface area contributed by atoms with Crippen LogP contribution in [0.2, 0.25) is 0 Å². The first-order chi connectivity index (χ1) is 8.65. The fraction of sp³-hybridized carbons (Fsp3) is 0.600. The molecule has 2 nitrogen and oxygen atoms in total. The molecule has 100 valence electrons. The monoisotopic (exact) mass is 265 g/mol. The van der Waals surface area contributed by atoms with Crippen molar-refractivity contribution >= 4 is 11.8 Å². The molecule has 0 aromatic heterocycles. The highest BCUT2D eigenvalue weighted by molar-refractivity contribution is 8.00. The van der Waals surface area contributed by atoms with E-state index in [0.29, 0.717) is 10.5 Å². The van der Waals surface area contributed by atoms with Crippen LogP contribution in [0.3, 0.4) is 0 Å². The lowest BCUT2D eigenvalue weighted by molar-refractivity contribution is 0.412. The maximum atomic E-state index is 6.44. The third-order valence-corrected chi connectivity index (χ3v) is 5.47. The summed E-state index contributed by atoms with van der Waals surface area (Å²) in [6.07, 6.45) is 3.54. The Labute approximate surface area is 114 Å². The molecule has 2 N–H and O–H groups in total. The number of ether oxygens (including phenoxy) is 1. The Morgan fingerprint density at radius 1 is 1.50 bits per heavy atom. The Morgan fingerprint density at radius 2 is 2.28 bits per heavy atom. The molecule has 0 spiro atoms. The van der Waals surface area contributed by atoms with Gasteiger partial charge in [0.15, 0.2) is 0 Å². The fourth-order valence-electron chi connectivity index (χ4n) is 2.46. The number of aryl methyl sites for hydroxylation is 1. The van der Waals surface area contributed by atoms with Crippen LogP contribution in [0.5, 0.6) is 5.75 Å². The predicted octanol–water partition coefficient (Wildman–Crippen LogP) is 3.54. The average Bonchev–Trinajstić information content (AvgIpc) is 2.41. The van der Waals surface area contributed by atoms with Gasteiger partial charge < -0.3 is 10.5 Å². The van der Waals surface area contributed by atoms with E-state index in [1.807, 2.05) is 17.8 Å². The summed E-state index contributed by atoms with van der Waals surface area (Å²) in [5.74, 6) is 0.915. The largest absolute Gasteiger partial charge is 0.497 e. The van der Waals surface area contributed by atoms with Crippen LogP contribution in [0.4, 0.5) is 0 Å². The minimum Gasteiger partial charge on any atom is -0.497 e. The molecule has 3 unspecified atom stereocenters. The van der Waals surface area contributed by atoms with Crippen LogP contribution in [0.15, 0.2) is 18.2 Å². The van der Waals surface area contributed by atoms with Crippen LogP contribution in [0.1, 0.15) is 43.9 Å². The molecule has 0 bridgehead atoms. The molecule has 0 amide bonds. The highest BCUT2D eigenvalue weighted by Crippen LogP contribution is 2.39. The van der Waals surface area contributed by atoms with Gasteiger partial charge in [-0.3, -0.25) is 0 Å². The molecule has 2 rings (SSSR count). The second-order valence-electron chi connectivity index (χ2n) is 5.02. The Bertz CT molecular complexity index is 407. The third-order valence-electron chi connectivity index (χ3n) is 3.79. The topological polar surface area (TPSA) is 35.2 Å². The predicted molar refractivity (Wildman–Crippen MR) is 79.4 cm³/mol. The van der Waals surface area contributed by atoms with E-state index in [9.17, 15) is 0 Å². The van der Waals surface area contributed by atoms with Crippen molar-refractivity contribution in [2.45, 2.75) is 49.7 Å². The van der Waals surface area contributed by atoms with Gasteiger partial charge >= 0.3 is 0 Å². The van der Waals surface area contributed by atoms with Gasteiger partial charge in [-0.25, -0.2) is 0 Å². The molecule has 1 aliphatic rings. The molecule has 1 aromatic rings. The highest BCUT2D eigenvalue weighted by atomic mass is 32.2. The van der Waals surface area contributed by atoms with Gasteiger partial charge in [-0.15, -0.1) is 0 Å². The Kier molecular flexibility index (Phi) is 4.57. The highest BCUT2D eigenvalue weighted by Gasteiger charge is 2.28. The molecule has 1 aliphatic carbocycles. The lowest BCUT2D eigenvalue weighted by Gasteiger charge is -2.32. The molecule has 1 aromatic carbocycles. The van der Waals surface area contributed by atoms with Gasteiger partial charge in [-0.2, -0.15) is 11.8 Å². The van der Waals surface area contributed by atoms with E-state index in [1.54, 1.807) is 7.11 Å². The number of thioether (sulfide) groups is 1. The number of methoxy groups -OCH3 is 1. The van der Waals surface area contributed by atoms with Crippen LogP contribution in [0.25, 0.3) is 0 Å². The van der Waals surface area contributed by atoms with E-state index >= 15 is 0 Å². The minimum atomic E-state index is 0.142. The van der Waals surface area contributed by atoms with Gasteiger partial charge in [0.05, 0.1) is 7.11 Å². The maximum Gasteiger partial charge on any atom is 0.119 e. The summed E-state index contributed by atoms with van der Waals surface area (Å²) in [5.41, 5.74) is 9.11. The number of fused-ring (bicyclic) bond motifs is 1. The molecular formula is C15H23NOS. The van der Waals surface area contributed by atoms with Gasteiger partial charge in [0.25, 0.3) is 0 Å². The van der Waals surface area contributed by atoms with Gasteiger partial charge in [-0.1, -0.05) is 19.9 Å². The van der Waals surface area contributed by atoms with E-state index in [-0.39, 0.29) is 6.04 Å². The summed E-state index contributed by atoms with van der Waals surface area (Å²) in [7, 11) is 1.71. The molecule has 0 saturated carbocycles. The zero-order valence-electron chi connectivity index (χ0n) is 11.5. The van der Waals surface area contributed by atoms with Crippen molar-refractivity contribution in [1.29, 1.82) is 0 Å². The third kappa shape index (κ3) is 2.83. The SMILES string of the molecule is CCC(C)SC1CCc2ccc(OC)cc2C1N. The standard InChI is InChI=1S/C15H23NOS/c1-4-10(2)18-14-8-6-11-5-7-12(17-3)9-13(11)15(14)16/h5,7,9-10,14-15H,4,6,8,16H2,1-3H3. The van der Waals surface area contributed by atoms with Crippen molar-refractivity contribution in [3.05, 3.63) is 29.3 Å². The molecule has 0 aliphatic heterocycles. The summed E-state index contributed by atoms with van der Waals surface area (Å²) in [6.45, 7) is 4.53. The van der Waals surface area contributed by atoms with Crippen LogP contribution in [-0.4, -0.2) is 17.6 Å². The zero-order valence-corrected chi connectivity index (χ0v) is 12.3. The van der Waals surface area contributed by atoms with Crippen LogP contribution in [-0.2, 0) is 6.42 Å². The minimum absolute atomic E-state index is 0.142. The number of nitrogens with two attached hydrogens (primary N) is 1. The molecule has 18 heavy (non-hydrogen) atoms. The smallest absolute Gasteiger partial charge is 0.119 e. The van der Waals surface area contributed by atoms with E-state index in [0.717, 1.165) is 12.2 Å². The lowest BCUT2D eigenvalue weighted by Crippen LogP contribution is -2.30. The molecule has 0 radical (unpaired) electrons. The first-order valence-electron chi connectivity index (χ1n) is 6.73. The summed E-state index contributed by atoms with van der Waals surface area (Å²) < 4.78 is 5.30. The van der Waals surface area contributed by atoms with E-state index in [2.05, 4.69) is 26.0 Å². The second-order valence-corrected chi connectivity index (χ2v) is 6.71. The van der Waals surface area contributed by atoms with Gasteiger partial charge in [0.1, 0.15) is 5.75 Å². The summed E-state index contributed by atoms with van der Waals surface area (Å²) in [6, 6.07) is 6.46. The summed E-state index contributed by atoms with van der Waals surface area (Å²) in [4.78, 5) is 0. The molecule has 0 saturated heterocycles. The molecule has 3 atom stereocenters. The molecular weight excluding hydrogens is 242 g/mol. The average molecular weight is 265 g/mol. The lowest BCUT2D eigenvalue weighted by atomic mass is 9.87. The number of hydrogen-bond donors (Lipinski definition) is 1. The first kappa shape index (κ1) is 13.8. The fourth-order valence-corrected chi connectivity index (χ4v) is 3.82. The van der Waals surface area contributed by atoms with E-state index < -0.39 is 0 Å². The summed E-state index contributed by atoms with van der Waals surface area (Å²) in [5, 5.41) is 1.23. The van der Waals surface area contributed by atoms with Gasteiger partial charge in [0, 0.05) is 16.5 Å². The normalized spacial score (nSPS) is 24.4. The number of benzene rings is 1. The van der Waals surface area contributed by atoms with Crippen molar-refractivity contribution in [3.8, 4) is 5.75 Å². The Balaban J connectivity index is 2.18. The van der Waals surface area contributed by atoms with Gasteiger partial charge in [-0.05, 0) is 42.5 Å². The van der Waals surface area contributed by atoms with Crippen LogP contribution in [0, 0.1) is 0 Å². The van der Waals surface area contributed by atoms with Crippen LogP contribution < -0.4 is 10.5 Å². The number of rotatable bonds is 4. The number of hydrogen-bond acceptors (Lipinski definition) is 3. The Hall–Kier alpha value is -0.670.